The second-order valence-corrected chi connectivity index (χ2v) is 6.69. The minimum atomic E-state index is -0.551. The van der Waals surface area contributed by atoms with Crippen LogP contribution in [-0.2, 0) is 4.74 Å². The topological polar surface area (TPSA) is 109 Å². The first-order chi connectivity index (χ1) is 11.6. The average molecular weight is 345 g/mol. The second-order valence-electron chi connectivity index (χ2n) is 6.69. The van der Waals surface area contributed by atoms with Crippen LogP contribution in [-0.4, -0.2) is 32.8 Å². The van der Waals surface area contributed by atoms with Crippen LogP contribution >= 0.6 is 0 Å². The van der Waals surface area contributed by atoms with Crippen LogP contribution < -0.4 is 10.6 Å². The highest BCUT2D eigenvalue weighted by Crippen LogP contribution is 2.15. The number of aryl methyl sites for hydroxylation is 1. The van der Waals surface area contributed by atoms with E-state index in [0.717, 1.165) is 5.56 Å². The zero-order chi connectivity index (χ0) is 18.6. The molecule has 0 radical (unpaired) electrons. The van der Waals surface area contributed by atoms with E-state index in [2.05, 4.69) is 25.8 Å². The molecule has 1 unspecified atom stereocenters. The highest BCUT2D eigenvalue weighted by molar-refractivity contribution is 6.03. The van der Waals surface area contributed by atoms with Crippen molar-refractivity contribution in [3.8, 4) is 0 Å². The van der Waals surface area contributed by atoms with Gasteiger partial charge in [-0.15, -0.1) is 5.10 Å². The lowest BCUT2D eigenvalue weighted by Gasteiger charge is -2.22. The number of rotatable bonds is 4. The number of aromatic amines is 1. The molecule has 3 N–H and O–H groups in total. The van der Waals surface area contributed by atoms with E-state index in [-0.39, 0.29) is 17.9 Å². The molecule has 0 saturated heterocycles. The summed E-state index contributed by atoms with van der Waals surface area (Å²) >= 11 is 0. The molecule has 8 heteroatoms. The predicted molar refractivity (Wildman–Crippen MR) is 93.3 cm³/mol. The molecule has 0 aliphatic rings. The third-order valence-corrected chi connectivity index (χ3v) is 3.23. The number of aromatic nitrogens is 3. The number of carbonyl (C=O) groups is 2. The Morgan fingerprint density at radius 1 is 1.20 bits per heavy atom. The molecule has 134 valence electrons. The molecular formula is C17H23N5O3. The number of ether oxygens (including phenoxy) is 1. The molecule has 0 bridgehead atoms. The fourth-order valence-electron chi connectivity index (χ4n) is 2.06. The number of carbonyl (C=O) groups excluding carboxylic acids is 2. The molecule has 0 saturated carbocycles. The van der Waals surface area contributed by atoms with Crippen LogP contribution in [0.1, 0.15) is 55.5 Å². The molecule has 2 aromatic rings. The van der Waals surface area contributed by atoms with Gasteiger partial charge in [0.05, 0.1) is 6.04 Å². The van der Waals surface area contributed by atoms with E-state index in [0.29, 0.717) is 11.4 Å². The largest absolute Gasteiger partial charge is 0.444 e. The minimum Gasteiger partial charge on any atom is -0.444 e. The summed E-state index contributed by atoms with van der Waals surface area (Å²) in [4.78, 5) is 28.0. The number of nitrogens with zero attached hydrogens (tertiary/aromatic N) is 2. The predicted octanol–water partition coefficient (Wildman–Crippen LogP) is 2.95. The van der Waals surface area contributed by atoms with Gasteiger partial charge in [-0.05, 0) is 52.3 Å². The molecule has 1 atom stereocenters. The molecule has 0 spiro atoms. The second kappa shape index (κ2) is 7.33. The summed E-state index contributed by atoms with van der Waals surface area (Å²) in [5.74, 6) is 0.539. The molecule has 1 aromatic heterocycles. The van der Waals surface area contributed by atoms with Gasteiger partial charge in [0.1, 0.15) is 11.4 Å². The first-order valence-corrected chi connectivity index (χ1v) is 7.94. The number of amides is 2. The molecule has 1 aromatic carbocycles. The summed E-state index contributed by atoms with van der Waals surface area (Å²) in [7, 11) is 0. The van der Waals surface area contributed by atoms with Gasteiger partial charge in [-0.1, -0.05) is 12.1 Å². The minimum absolute atomic E-state index is 0.228. The van der Waals surface area contributed by atoms with Gasteiger partial charge in [0.15, 0.2) is 0 Å². The third kappa shape index (κ3) is 5.59. The number of alkyl carbamates (subject to hydrolysis) is 1. The summed E-state index contributed by atoms with van der Waals surface area (Å²) < 4.78 is 5.23. The van der Waals surface area contributed by atoms with Gasteiger partial charge in [-0.2, -0.15) is 4.98 Å². The van der Waals surface area contributed by atoms with E-state index in [9.17, 15) is 9.59 Å². The van der Waals surface area contributed by atoms with Gasteiger partial charge >= 0.3 is 6.09 Å². The van der Waals surface area contributed by atoms with Crippen molar-refractivity contribution >= 4 is 17.9 Å². The van der Waals surface area contributed by atoms with E-state index in [4.69, 9.17) is 4.74 Å². The Morgan fingerprint density at radius 3 is 2.36 bits per heavy atom. The normalized spacial score (nSPS) is 12.4. The Morgan fingerprint density at radius 2 is 1.84 bits per heavy atom. The van der Waals surface area contributed by atoms with E-state index < -0.39 is 11.7 Å². The van der Waals surface area contributed by atoms with Gasteiger partial charge in [0.25, 0.3) is 5.91 Å². The zero-order valence-corrected chi connectivity index (χ0v) is 15.0. The SMILES string of the molecule is Cc1nc(NC(=O)c2ccc(C(C)NC(=O)OC(C)(C)C)cc2)n[nH]1. The van der Waals surface area contributed by atoms with E-state index in [1.165, 1.54) is 0 Å². The molecule has 1 heterocycles. The smallest absolute Gasteiger partial charge is 0.408 e. The number of H-pyrrole nitrogens is 1. The summed E-state index contributed by atoms with van der Waals surface area (Å²) in [5.41, 5.74) is 0.775. The van der Waals surface area contributed by atoms with Gasteiger partial charge in [0, 0.05) is 5.56 Å². The van der Waals surface area contributed by atoms with Gasteiger partial charge in [-0.3, -0.25) is 15.2 Å². The quantitative estimate of drug-likeness (QED) is 0.789. The molecule has 25 heavy (non-hydrogen) atoms. The van der Waals surface area contributed by atoms with Crippen LogP contribution in [0.3, 0.4) is 0 Å². The first kappa shape index (κ1) is 18.4. The van der Waals surface area contributed by atoms with Crippen LogP contribution in [0.4, 0.5) is 10.7 Å². The summed E-state index contributed by atoms with van der Waals surface area (Å²) in [6.07, 6.45) is -0.484. The van der Waals surface area contributed by atoms with Gasteiger partial charge in [0.2, 0.25) is 5.95 Å². The number of nitrogens with one attached hydrogen (secondary N) is 3. The molecule has 0 fully saturated rings. The van der Waals surface area contributed by atoms with Gasteiger partial charge < -0.3 is 10.1 Å². The summed E-state index contributed by atoms with van der Waals surface area (Å²) in [6.45, 7) is 9.01. The number of hydrogen-bond donors (Lipinski definition) is 3. The van der Waals surface area contributed by atoms with Crippen LogP contribution in [0.2, 0.25) is 0 Å². The lowest BCUT2D eigenvalue weighted by atomic mass is 10.1. The van der Waals surface area contributed by atoms with Gasteiger partial charge in [-0.25, -0.2) is 4.79 Å². The van der Waals surface area contributed by atoms with E-state index in [1.807, 2.05) is 6.92 Å². The summed E-state index contributed by atoms with van der Waals surface area (Å²) in [5, 5.41) is 11.9. The Labute approximate surface area is 146 Å². The maximum absolute atomic E-state index is 12.1. The van der Waals surface area contributed by atoms with Crippen LogP contribution in [0.25, 0.3) is 0 Å². The Bertz CT molecular complexity index is 746. The van der Waals surface area contributed by atoms with E-state index >= 15 is 0 Å². The van der Waals surface area contributed by atoms with Crippen LogP contribution in [0, 0.1) is 6.92 Å². The van der Waals surface area contributed by atoms with Crippen molar-refractivity contribution in [2.75, 3.05) is 5.32 Å². The average Bonchev–Trinajstić information content (AvgIpc) is 2.90. The highest BCUT2D eigenvalue weighted by Gasteiger charge is 2.18. The van der Waals surface area contributed by atoms with Crippen molar-refractivity contribution in [3.05, 3.63) is 41.2 Å². The number of benzene rings is 1. The molecular weight excluding hydrogens is 322 g/mol. The maximum atomic E-state index is 12.1. The van der Waals surface area contributed by atoms with Crippen molar-refractivity contribution < 1.29 is 14.3 Å². The third-order valence-electron chi connectivity index (χ3n) is 3.23. The van der Waals surface area contributed by atoms with Crippen LogP contribution in [0.15, 0.2) is 24.3 Å². The lowest BCUT2D eigenvalue weighted by molar-refractivity contribution is 0.0507. The maximum Gasteiger partial charge on any atom is 0.408 e. The van der Waals surface area contributed by atoms with Crippen LogP contribution in [0.5, 0.6) is 0 Å². The molecule has 2 rings (SSSR count). The van der Waals surface area contributed by atoms with Crippen molar-refractivity contribution in [2.24, 2.45) is 0 Å². The number of hydrogen-bond acceptors (Lipinski definition) is 5. The fourth-order valence-corrected chi connectivity index (χ4v) is 2.06. The molecule has 0 aliphatic carbocycles. The standard InChI is InChI=1S/C17H23N5O3/c1-10(18-16(24)25-17(3,4)5)12-6-8-13(9-7-12)14(23)20-15-19-11(2)21-22-15/h6-10H,1-5H3,(H,18,24)(H2,19,20,21,22,23). The van der Waals surface area contributed by atoms with Crippen molar-refractivity contribution in [2.45, 2.75) is 46.3 Å². The Balaban J connectivity index is 1.96. The molecule has 2 amide bonds. The zero-order valence-electron chi connectivity index (χ0n) is 15.0. The Hall–Kier alpha value is -2.90. The first-order valence-electron chi connectivity index (χ1n) is 7.94. The number of anilines is 1. The molecule has 0 aliphatic heterocycles. The fraction of sp³-hybridized carbons (Fsp3) is 0.412. The lowest BCUT2D eigenvalue weighted by Crippen LogP contribution is -2.34. The van der Waals surface area contributed by atoms with E-state index in [1.54, 1.807) is 52.0 Å². The Kier molecular flexibility index (Phi) is 5.41. The van der Waals surface area contributed by atoms with Crippen molar-refractivity contribution in [1.82, 2.24) is 20.5 Å². The summed E-state index contributed by atoms with van der Waals surface area (Å²) in [6, 6.07) is 6.66. The van der Waals surface area contributed by atoms with Crippen molar-refractivity contribution in [1.29, 1.82) is 0 Å². The highest BCUT2D eigenvalue weighted by atomic mass is 16.6. The van der Waals surface area contributed by atoms with Crippen molar-refractivity contribution in [3.63, 3.8) is 0 Å². The molecule has 8 nitrogen and oxygen atoms in total. The monoisotopic (exact) mass is 345 g/mol.